The Labute approximate surface area is 204 Å². The van der Waals surface area contributed by atoms with E-state index in [0.29, 0.717) is 17.4 Å². The maximum Gasteiger partial charge on any atom is 0.251 e. The van der Waals surface area contributed by atoms with Gasteiger partial charge in [0.1, 0.15) is 6.04 Å². The summed E-state index contributed by atoms with van der Waals surface area (Å²) in [7, 11) is 1.81. The molecule has 0 fully saturated rings. The maximum atomic E-state index is 13.6. The van der Waals surface area contributed by atoms with Crippen LogP contribution in [0.1, 0.15) is 42.1 Å². The van der Waals surface area contributed by atoms with Gasteiger partial charge in [0.2, 0.25) is 0 Å². The van der Waals surface area contributed by atoms with E-state index in [1.807, 2.05) is 48.7 Å². The third-order valence-electron chi connectivity index (χ3n) is 6.37. The lowest BCUT2D eigenvalue weighted by molar-refractivity contribution is -0.119. The second-order valence-electron chi connectivity index (χ2n) is 9.06. The molecule has 1 aromatic heterocycles. The number of fused-ring (bicyclic) bond motifs is 2. The van der Waals surface area contributed by atoms with Crippen LogP contribution in [0.4, 0.5) is 5.69 Å². The number of benzodiazepines with no additional fused rings is 1. The van der Waals surface area contributed by atoms with Crippen molar-refractivity contribution in [2.75, 3.05) is 11.9 Å². The minimum atomic E-state index is -0.558. The van der Waals surface area contributed by atoms with Gasteiger partial charge in [-0.25, -0.2) is 0 Å². The summed E-state index contributed by atoms with van der Waals surface area (Å²) in [6.07, 6.45) is 2.36. The van der Waals surface area contributed by atoms with Crippen molar-refractivity contribution in [1.82, 2.24) is 4.98 Å². The summed E-state index contributed by atoms with van der Waals surface area (Å²) >= 11 is 6.38. The van der Waals surface area contributed by atoms with Crippen molar-refractivity contribution in [3.63, 3.8) is 0 Å². The van der Waals surface area contributed by atoms with E-state index in [9.17, 15) is 4.79 Å². The fraction of sp³-hybridized carbons (Fsp3) is 0.207. The van der Waals surface area contributed by atoms with Gasteiger partial charge in [-0.1, -0.05) is 67.9 Å². The number of hydrogen-bond acceptors (Lipinski definition) is 3. The third-order valence-corrected chi connectivity index (χ3v) is 6.61. The predicted molar refractivity (Wildman–Crippen MR) is 140 cm³/mol. The van der Waals surface area contributed by atoms with Crippen LogP contribution in [-0.2, 0) is 11.2 Å². The summed E-state index contributed by atoms with van der Waals surface area (Å²) in [4.78, 5) is 24.9. The number of nitrogens with zero attached hydrogens (tertiary/aromatic N) is 3. The van der Waals surface area contributed by atoms with Crippen molar-refractivity contribution in [3.8, 4) is 0 Å². The van der Waals surface area contributed by atoms with Gasteiger partial charge in [0.25, 0.3) is 5.91 Å². The second kappa shape index (κ2) is 9.03. The smallest absolute Gasteiger partial charge is 0.251 e. The van der Waals surface area contributed by atoms with Crippen LogP contribution in [0, 0.1) is 0 Å². The minimum absolute atomic E-state index is 0.0431. The molecule has 0 N–H and O–H groups in total. The van der Waals surface area contributed by atoms with Crippen molar-refractivity contribution in [1.29, 1.82) is 0 Å². The number of halogens is 1. The number of carbonyl (C=O) groups is 1. The molecular formula is C29H26ClN3O. The molecule has 0 saturated carbocycles. The summed E-state index contributed by atoms with van der Waals surface area (Å²) in [6.45, 7) is 4.24. The van der Waals surface area contributed by atoms with Gasteiger partial charge >= 0.3 is 0 Å². The fourth-order valence-corrected chi connectivity index (χ4v) is 4.62. The first-order valence-electron chi connectivity index (χ1n) is 11.5. The summed E-state index contributed by atoms with van der Waals surface area (Å²) in [5.41, 5.74) is 5.34. The molecule has 5 heteroatoms. The first kappa shape index (κ1) is 22.3. The number of likely N-dealkylation sites (N-methyl/N-ethyl adjacent to an activating group) is 1. The quantitative estimate of drug-likeness (QED) is 0.347. The predicted octanol–water partition coefficient (Wildman–Crippen LogP) is 6.44. The highest BCUT2D eigenvalue weighted by Gasteiger charge is 2.30. The molecule has 1 amide bonds. The molecule has 4 aromatic rings. The van der Waals surface area contributed by atoms with Crippen LogP contribution in [0.2, 0.25) is 5.02 Å². The summed E-state index contributed by atoms with van der Waals surface area (Å²) in [6, 6.07) is 23.7. The van der Waals surface area contributed by atoms with E-state index in [-0.39, 0.29) is 5.91 Å². The van der Waals surface area contributed by atoms with Gasteiger partial charge in [-0.15, -0.1) is 0 Å². The van der Waals surface area contributed by atoms with E-state index >= 15 is 0 Å². The molecular weight excluding hydrogens is 442 g/mol. The first-order valence-corrected chi connectivity index (χ1v) is 11.9. The molecule has 170 valence electrons. The van der Waals surface area contributed by atoms with Crippen LogP contribution in [0.15, 0.2) is 84.0 Å². The SMILES string of the molecule is CC(C)c1ccc(C2=NC(Cc3ccc4ccccc4c3)C(=O)N(C)c3ccc(Cl)cc32)cn1. The molecule has 1 aliphatic heterocycles. The van der Waals surface area contributed by atoms with Gasteiger partial charge in [-0.3, -0.25) is 14.8 Å². The van der Waals surface area contributed by atoms with Crippen LogP contribution in [-0.4, -0.2) is 29.7 Å². The van der Waals surface area contributed by atoms with Crippen molar-refractivity contribution >= 4 is 39.7 Å². The Kier molecular flexibility index (Phi) is 5.93. The largest absolute Gasteiger partial charge is 0.313 e. The van der Waals surface area contributed by atoms with Gasteiger partial charge in [0.15, 0.2) is 0 Å². The van der Waals surface area contributed by atoms with E-state index in [4.69, 9.17) is 16.6 Å². The fourth-order valence-electron chi connectivity index (χ4n) is 4.45. The van der Waals surface area contributed by atoms with Gasteiger partial charge < -0.3 is 4.90 Å². The average Bonchev–Trinajstić information content (AvgIpc) is 2.94. The van der Waals surface area contributed by atoms with Crippen molar-refractivity contribution in [2.24, 2.45) is 4.99 Å². The van der Waals surface area contributed by atoms with E-state index < -0.39 is 6.04 Å². The average molecular weight is 468 g/mol. The summed E-state index contributed by atoms with van der Waals surface area (Å²) in [5.74, 6) is 0.290. The zero-order valence-electron chi connectivity index (χ0n) is 19.5. The highest BCUT2D eigenvalue weighted by molar-refractivity contribution is 6.32. The number of rotatable bonds is 4. The lowest BCUT2D eigenvalue weighted by Gasteiger charge is -2.20. The molecule has 1 atom stereocenters. The Morgan fingerprint density at radius 3 is 2.50 bits per heavy atom. The molecule has 1 aliphatic rings. The number of hydrogen-bond donors (Lipinski definition) is 0. The number of pyridine rings is 1. The van der Waals surface area contributed by atoms with E-state index in [0.717, 1.165) is 39.2 Å². The Bertz CT molecular complexity index is 1410. The standard InChI is InChI=1S/C29H26ClN3O/c1-18(2)25-12-10-22(17-31-25)28-24-16-23(30)11-13-27(24)33(3)29(34)26(32-28)15-19-8-9-20-6-4-5-7-21(20)14-19/h4-14,16-18,26H,15H2,1-3H3. The Morgan fingerprint density at radius 2 is 1.76 bits per heavy atom. The highest BCUT2D eigenvalue weighted by Crippen LogP contribution is 2.31. The number of aromatic nitrogens is 1. The Balaban J connectivity index is 1.61. The zero-order chi connectivity index (χ0) is 23.8. The van der Waals surface area contributed by atoms with Crippen LogP contribution >= 0.6 is 11.6 Å². The van der Waals surface area contributed by atoms with Gasteiger partial charge in [-0.2, -0.15) is 0 Å². The van der Waals surface area contributed by atoms with Crippen LogP contribution in [0.5, 0.6) is 0 Å². The number of carbonyl (C=O) groups excluding carboxylic acids is 1. The molecule has 0 bridgehead atoms. The van der Waals surface area contributed by atoms with E-state index in [1.54, 1.807) is 11.9 Å². The molecule has 3 aromatic carbocycles. The maximum absolute atomic E-state index is 13.6. The topological polar surface area (TPSA) is 45.6 Å². The third kappa shape index (κ3) is 4.22. The molecule has 2 heterocycles. The molecule has 1 unspecified atom stereocenters. The summed E-state index contributed by atoms with van der Waals surface area (Å²) < 4.78 is 0. The lowest BCUT2D eigenvalue weighted by Crippen LogP contribution is -2.36. The monoisotopic (exact) mass is 467 g/mol. The molecule has 34 heavy (non-hydrogen) atoms. The number of anilines is 1. The number of benzene rings is 3. The molecule has 5 rings (SSSR count). The zero-order valence-corrected chi connectivity index (χ0v) is 20.3. The second-order valence-corrected chi connectivity index (χ2v) is 9.50. The normalized spacial score (nSPS) is 15.9. The minimum Gasteiger partial charge on any atom is -0.313 e. The lowest BCUT2D eigenvalue weighted by atomic mass is 10.00. The van der Waals surface area contributed by atoms with Gasteiger partial charge in [0.05, 0.1) is 11.4 Å². The van der Waals surface area contributed by atoms with Crippen LogP contribution in [0.25, 0.3) is 10.8 Å². The molecule has 0 radical (unpaired) electrons. The first-order chi connectivity index (χ1) is 16.4. The molecule has 0 spiro atoms. The highest BCUT2D eigenvalue weighted by atomic mass is 35.5. The summed E-state index contributed by atoms with van der Waals surface area (Å²) in [5, 5.41) is 2.94. The molecule has 0 saturated heterocycles. The number of aliphatic imine (C=N–C) groups is 1. The Hall–Kier alpha value is -3.50. The van der Waals surface area contributed by atoms with Crippen molar-refractivity contribution in [3.05, 3.63) is 106 Å². The van der Waals surface area contributed by atoms with Crippen molar-refractivity contribution in [2.45, 2.75) is 32.2 Å². The van der Waals surface area contributed by atoms with E-state index in [1.165, 1.54) is 5.39 Å². The Morgan fingerprint density at radius 1 is 0.971 bits per heavy atom. The van der Waals surface area contributed by atoms with Crippen molar-refractivity contribution < 1.29 is 4.79 Å². The van der Waals surface area contributed by atoms with Gasteiger partial charge in [0, 0.05) is 41.5 Å². The van der Waals surface area contributed by atoms with Gasteiger partial charge in [-0.05, 0) is 52.6 Å². The van der Waals surface area contributed by atoms with E-state index in [2.05, 4.69) is 49.2 Å². The molecule has 4 nitrogen and oxygen atoms in total. The number of amides is 1. The van der Waals surface area contributed by atoms with Crippen LogP contribution in [0.3, 0.4) is 0 Å². The molecule has 0 aliphatic carbocycles. The van der Waals surface area contributed by atoms with Crippen LogP contribution < -0.4 is 4.90 Å².